The van der Waals surface area contributed by atoms with Crippen LogP contribution in [0.5, 0.6) is 5.75 Å². The molecule has 0 spiro atoms. The van der Waals surface area contributed by atoms with Crippen LogP contribution in [-0.4, -0.2) is 18.8 Å². The molecule has 21 heavy (non-hydrogen) atoms. The zero-order valence-corrected chi connectivity index (χ0v) is 14.4. The first-order chi connectivity index (χ1) is 9.85. The average molecular weight is 431 g/mol. The van der Waals surface area contributed by atoms with Gasteiger partial charge in [-0.15, -0.1) is 0 Å². The number of hydrogen-bond acceptors (Lipinski definition) is 2. The Kier molecular flexibility index (Phi) is 5.96. The number of nitrogens with one attached hydrogen (secondary N) is 1. The van der Waals surface area contributed by atoms with Crippen LogP contribution in [0.15, 0.2) is 21.1 Å². The number of halogens is 5. The van der Waals surface area contributed by atoms with Crippen molar-refractivity contribution in [2.75, 3.05) is 6.61 Å². The molecule has 118 valence electrons. The van der Waals surface area contributed by atoms with Crippen molar-refractivity contribution in [1.82, 2.24) is 5.32 Å². The van der Waals surface area contributed by atoms with E-state index < -0.39 is 12.6 Å². The van der Waals surface area contributed by atoms with Gasteiger partial charge in [-0.3, -0.25) is 0 Å². The van der Waals surface area contributed by atoms with E-state index in [0.717, 1.165) is 21.1 Å². The van der Waals surface area contributed by atoms with Gasteiger partial charge in [0.2, 0.25) is 0 Å². The van der Waals surface area contributed by atoms with Gasteiger partial charge in [0, 0.05) is 19.0 Å². The third kappa shape index (κ3) is 6.16. The summed E-state index contributed by atoms with van der Waals surface area (Å²) in [6, 6.07) is 4.49. The monoisotopic (exact) mass is 429 g/mol. The van der Waals surface area contributed by atoms with E-state index in [-0.39, 0.29) is 13.0 Å². The van der Waals surface area contributed by atoms with Crippen molar-refractivity contribution >= 4 is 31.9 Å². The maximum absolute atomic E-state index is 12.1. The number of rotatable bonds is 7. The fourth-order valence-electron chi connectivity index (χ4n) is 1.85. The average Bonchev–Trinajstić information content (AvgIpc) is 3.17. The standard InChI is InChI=1S/C14H16Br2F3NO/c15-11-6-9(8-20-10-2-3-10)7-12(16)13(11)21-5-1-4-14(17,18)19/h6-7,10,20H,1-5,8H2. The highest BCUT2D eigenvalue weighted by molar-refractivity contribution is 9.11. The van der Waals surface area contributed by atoms with Crippen LogP contribution in [0.25, 0.3) is 0 Å². The van der Waals surface area contributed by atoms with Gasteiger partial charge < -0.3 is 10.1 Å². The fraction of sp³-hybridized carbons (Fsp3) is 0.571. The van der Waals surface area contributed by atoms with Crippen molar-refractivity contribution < 1.29 is 17.9 Å². The van der Waals surface area contributed by atoms with E-state index in [1.807, 2.05) is 12.1 Å². The maximum Gasteiger partial charge on any atom is 0.389 e. The van der Waals surface area contributed by atoms with E-state index >= 15 is 0 Å². The molecule has 0 aromatic heterocycles. The summed E-state index contributed by atoms with van der Waals surface area (Å²) in [4.78, 5) is 0. The van der Waals surface area contributed by atoms with Gasteiger partial charge in [-0.1, -0.05) is 0 Å². The Hall–Kier alpha value is -0.270. The molecule has 0 saturated heterocycles. The summed E-state index contributed by atoms with van der Waals surface area (Å²) in [6.45, 7) is 0.812. The highest BCUT2D eigenvalue weighted by Crippen LogP contribution is 2.35. The zero-order valence-electron chi connectivity index (χ0n) is 11.3. The number of alkyl halides is 3. The Morgan fingerprint density at radius 3 is 2.33 bits per heavy atom. The van der Waals surface area contributed by atoms with E-state index in [4.69, 9.17) is 4.74 Å². The highest BCUT2D eigenvalue weighted by Gasteiger charge is 2.26. The van der Waals surface area contributed by atoms with Crippen LogP contribution < -0.4 is 10.1 Å². The maximum atomic E-state index is 12.1. The molecule has 0 amide bonds. The molecule has 0 radical (unpaired) electrons. The molecule has 1 aliphatic carbocycles. The number of benzene rings is 1. The van der Waals surface area contributed by atoms with E-state index in [2.05, 4.69) is 37.2 Å². The first-order valence-corrected chi connectivity index (χ1v) is 8.34. The van der Waals surface area contributed by atoms with Crippen LogP contribution in [0, 0.1) is 0 Å². The second-order valence-corrected chi connectivity index (χ2v) is 6.82. The van der Waals surface area contributed by atoms with E-state index in [0.29, 0.717) is 11.8 Å². The minimum atomic E-state index is -4.13. The van der Waals surface area contributed by atoms with Crippen LogP contribution in [-0.2, 0) is 6.54 Å². The van der Waals surface area contributed by atoms with Crippen LogP contribution >= 0.6 is 31.9 Å². The summed E-state index contributed by atoms with van der Waals surface area (Å²) in [5.41, 5.74) is 1.10. The van der Waals surface area contributed by atoms with Gasteiger partial charge in [0.15, 0.2) is 0 Å². The Bertz CT molecular complexity index is 467. The van der Waals surface area contributed by atoms with Gasteiger partial charge in [-0.05, 0) is 68.8 Å². The first-order valence-electron chi connectivity index (χ1n) is 6.76. The van der Waals surface area contributed by atoms with Gasteiger partial charge in [0.25, 0.3) is 0 Å². The number of ether oxygens (including phenoxy) is 1. The predicted molar refractivity (Wildman–Crippen MR) is 82.5 cm³/mol. The molecule has 0 atom stereocenters. The molecule has 2 rings (SSSR count). The van der Waals surface area contributed by atoms with Gasteiger partial charge >= 0.3 is 6.18 Å². The summed E-state index contributed by atoms with van der Waals surface area (Å²) >= 11 is 6.81. The molecule has 1 aromatic carbocycles. The van der Waals surface area contributed by atoms with Crippen molar-refractivity contribution in [1.29, 1.82) is 0 Å². The van der Waals surface area contributed by atoms with Gasteiger partial charge in [-0.25, -0.2) is 0 Å². The van der Waals surface area contributed by atoms with Crippen LogP contribution in [0.3, 0.4) is 0 Å². The molecule has 1 saturated carbocycles. The van der Waals surface area contributed by atoms with E-state index in [1.165, 1.54) is 12.8 Å². The van der Waals surface area contributed by atoms with Gasteiger partial charge in [0.1, 0.15) is 5.75 Å². The minimum Gasteiger partial charge on any atom is -0.491 e. The highest BCUT2D eigenvalue weighted by atomic mass is 79.9. The third-order valence-electron chi connectivity index (χ3n) is 3.08. The van der Waals surface area contributed by atoms with Crippen molar-refractivity contribution in [2.24, 2.45) is 0 Å². The lowest BCUT2D eigenvalue weighted by Gasteiger charge is -2.13. The SMILES string of the molecule is FC(F)(F)CCCOc1c(Br)cc(CNC2CC2)cc1Br. The molecule has 1 aliphatic rings. The molecule has 1 N–H and O–H groups in total. The summed E-state index contributed by atoms with van der Waals surface area (Å²) in [5, 5.41) is 3.41. The number of hydrogen-bond donors (Lipinski definition) is 1. The van der Waals surface area contributed by atoms with Crippen LogP contribution in [0.1, 0.15) is 31.2 Å². The van der Waals surface area contributed by atoms with Crippen molar-refractivity contribution in [3.63, 3.8) is 0 Å². The van der Waals surface area contributed by atoms with Crippen LogP contribution in [0.2, 0.25) is 0 Å². The third-order valence-corrected chi connectivity index (χ3v) is 4.26. The molecule has 0 bridgehead atoms. The normalized spacial score (nSPS) is 15.3. The second-order valence-electron chi connectivity index (χ2n) is 5.11. The Balaban J connectivity index is 1.86. The van der Waals surface area contributed by atoms with Crippen molar-refractivity contribution in [3.8, 4) is 5.75 Å². The topological polar surface area (TPSA) is 21.3 Å². The lowest BCUT2D eigenvalue weighted by atomic mass is 10.2. The summed E-state index contributed by atoms with van der Waals surface area (Å²) in [5.74, 6) is 0.548. The van der Waals surface area contributed by atoms with E-state index in [1.54, 1.807) is 0 Å². The Labute approximate surface area is 138 Å². The largest absolute Gasteiger partial charge is 0.491 e. The van der Waals surface area contributed by atoms with Crippen molar-refractivity contribution in [2.45, 2.75) is 44.4 Å². The first kappa shape index (κ1) is 17.1. The lowest BCUT2D eigenvalue weighted by molar-refractivity contribution is -0.136. The molecule has 7 heteroatoms. The zero-order chi connectivity index (χ0) is 15.5. The van der Waals surface area contributed by atoms with Crippen LogP contribution in [0.4, 0.5) is 13.2 Å². The predicted octanol–water partition coefficient (Wildman–Crippen LogP) is 5.18. The van der Waals surface area contributed by atoms with Gasteiger partial charge in [0.05, 0.1) is 15.6 Å². The second kappa shape index (κ2) is 7.33. The molecule has 0 heterocycles. The van der Waals surface area contributed by atoms with Crippen molar-refractivity contribution in [3.05, 3.63) is 26.6 Å². The molecular weight excluding hydrogens is 415 g/mol. The smallest absolute Gasteiger partial charge is 0.389 e. The summed E-state index contributed by atoms with van der Waals surface area (Å²) < 4.78 is 43.1. The molecule has 1 fully saturated rings. The fourth-order valence-corrected chi connectivity index (χ4v) is 3.36. The Morgan fingerprint density at radius 2 is 1.81 bits per heavy atom. The quantitative estimate of drug-likeness (QED) is 0.601. The molecule has 0 aliphatic heterocycles. The lowest BCUT2D eigenvalue weighted by Crippen LogP contribution is -2.15. The minimum absolute atomic E-state index is 0.0381. The molecular formula is C14H16Br2F3NO. The van der Waals surface area contributed by atoms with Gasteiger partial charge in [-0.2, -0.15) is 13.2 Å². The van der Waals surface area contributed by atoms with E-state index in [9.17, 15) is 13.2 Å². The molecule has 0 unspecified atom stereocenters. The molecule has 2 nitrogen and oxygen atoms in total. The molecule has 1 aromatic rings. The summed E-state index contributed by atoms with van der Waals surface area (Å²) in [7, 11) is 0. The summed E-state index contributed by atoms with van der Waals surface area (Å²) in [6.07, 6.45) is -2.55. The Morgan fingerprint density at radius 1 is 1.19 bits per heavy atom.